The summed E-state index contributed by atoms with van der Waals surface area (Å²) in [5.41, 5.74) is 0.275. The second kappa shape index (κ2) is 9.15. The van der Waals surface area contributed by atoms with Crippen LogP contribution in [0.1, 0.15) is 26.2 Å². The van der Waals surface area contributed by atoms with Crippen LogP contribution in [0.5, 0.6) is 0 Å². The summed E-state index contributed by atoms with van der Waals surface area (Å²) in [6, 6.07) is 0. The van der Waals surface area contributed by atoms with Crippen LogP contribution in [0.3, 0.4) is 0 Å². The molecule has 2 fully saturated rings. The molecule has 1 N–H and O–H groups in total. The Morgan fingerprint density at radius 2 is 1.95 bits per heavy atom. The van der Waals surface area contributed by atoms with Gasteiger partial charge in [-0.15, -0.1) is 24.0 Å². The van der Waals surface area contributed by atoms with Crippen LogP contribution in [-0.2, 0) is 9.47 Å². The molecule has 0 aromatic carbocycles. The Bertz CT molecular complexity index is 329. The standard InChI is InChI=1S/C15H29N3O2.HI/c1-15(11-20-12-15)10-17-14(16-2)18(3)7-4-13-5-8-19-9-6-13;/h13H,4-12H2,1-3H3,(H,16,17);1H. The second-order valence-corrected chi connectivity index (χ2v) is 6.47. The van der Waals surface area contributed by atoms with E-state index in [4.69, 9.17) is 9.47 Å². The van der Waals surface area contributed by atoms with E-state index in [1.54, 1.807) is 0 Å². The first-order valence-electron chi connectivity index (χ1n) is 7.70. The zero-order valence-electron chi connectivity index (χ0n) is 13.6. The molecule has 124 valence electrons. The zero-order chi connectivity index (χ0) is 14.4. The second-order valence-electron chi connectivity index (χ2n) is 6.47. The van der Waals surface area contributed by atoms with E-state index in [0.29, 0.717) is 0 Å². The molecule has 5 nitrogen and oxygen atoms in total. The van der Waals surface area contributed by atoms with Crippen LogP contribution in [0.2, 0.25) is 0 Å². The number of guanidine groups is 1. The number of aliphatic imine (C=N–C) groups is 1. The number of nitrogens with zero attached hydrogens (tertiary/aromatic N) is 2. The smallest absolute Gasteiger partial charge is 0.193 e. The summed E-state index contributed by atoms with van der Waals surface area (Å²) in [6.45, 7) is 7.79. The van der Waals surface area contributed by atoms with Crippen molar-refractivity contribution in [3.05, 3.63) is 0 Å². The van der Waals surface area contributed by atoms with Crippen LogP contribution < -0.4 is 5.32 Å². The van der Waals surface area contributed by atoms with Crippen molar-refractivity contribution in [1.29, 1.82) is 0 Å². The Kier molecular flexibility index (Phi) is 8.26. The van der Waals surface area contributed by atoms with Crippen LogP contribution in [0.15, 0.2) is 4.99 Å². The first kappa shape index (κ1) is 19.0. The molecule has 0 aliphatic carbocycles. The lowest BCUT2D eigenvalue weighted by Gasteiger charge is -2.39. The average Bonchev–Trinajstić information content (AvgIpc) is 2.45. The number of rotatable bonds is 5. The summed E-state index contributed by atoms with van der Waals surface area (Å²) in [6.07, 6.45) is 3.63. The van der Waals surface area contributed by atoms with Crippen LogP contribution in [-0.4, -0.2) is 64.5 Å². The van der Waals surface area contributed by atoms with E-state index < -0.39 is 0 Å². The van der Waals surface area contributed by atoms with E-state index in [-0.39, 0.29) is 29.4 Å². The lowest BCUT2D eigenvalue weighted by atomic mass is 9.89. The van der Waals surface area contributed by atoms with Crippen LogP contribution in [0.4, 0.5) is 0 Å². The van der Waals surface area contributed by atoms with Gasteiger partial charge in [0.2, 0.25) is 0 Å². The Labute approximate surface area is 145 Å². The monoisotopic (exact) mass is 411 g/mol. The molecule has 2 heterocycles. The third-order valence-electron chi connectivity index (χ3n) is 4.36. The number of hydrogen-bond acceptors (Lipinski definition) is 3. The summed E-state index contributed by atoms with van der Waals surface area (Å²) in [7, 11) is 3.97. The Morgan fingerprint density at radius 3 is 2.48 bits per heavy atom. The molecule has 0 bridgehead atoms. The fraction of sp³-hybridized carbons (Fsp3) is 0.933. The van der Waals surface area contributed by atoms with Crippen molar-refractivity contribution in [2.24, 2.45) is 16.3 Å². The zero-order valence-corrected chi connectivity index (χ0v) is 15.9. The van der Waals surface area contributed by atoms with Gasteiger partial charge in [-0.2, -0.15) is 0 Å². The lowest BCUT2D eigenvalue weighted by molar-refractivity contribution is -0.0972. The molecule has 0 unspecified atom stereocenters. The van der Waals surface area contributed by atoms with Crippen LogP contribution >= 0.6 is 24.0 Å². The molecule has 0 amide bonds. The maximum Gasteiger partial charge on any atom is 0.193 e. The molecule has 0 aromatic rings. The first-order chi connectivity index (χ1) is 9.63. The summed E-state index contributed by atoms with van der Waals surface area (Å²) in [5.74, 6) is 1.80. The van der Waals surface area contributed by atoms with E-state index in [0.717, 1.165) is 51.4 Å². The van der Waals surface area contributed by atoms with Gasteiger partial charge in [0.15, 0.2) is 5.96 Å². The highest BCUT2D eigenvalue weighted by Gasteiger charge is 2.33. The minimum absolute atomic E-state index is 0. The molecule has 2 rings (SSSR count). The quantitative estimate of drug-likeness (QED) is 0.427. The predicted molar refractivity (Wildman–Crippen MR) is 96.5 cm³/mol. The van der Waals surface area contributed by atoms with Crippen LogP contribution in [0, 0.1) is 11.3 Å². The van der Waals surface area contributed by atoms with Crippen molar-refractivity contribution in [3.8, 4) is 0 Å². The van der Waals surface area contributed by atoms with Crippen molar-refractivity contribution < 1.29 is 9.47 Å². The number of hydrogen-bond donors (Lipinski definition) is 1. The van der Waals surface area contributed by atoms with E-state index in [9.17, 15) is 0 Å². The van der Waals surface area contributed by atoms with Gasteiger partial charge in [-0.3, -0.25) is 4.99 Å². The normalized spacial score (nSPS) is 22.1. The van der Waals surface area contributed by atoms with Gasteiger partial charge in [0, 0.05) is 45.8 Å². The average molecular weight is 411 g/mol. The summed E-state index contributed by atoms with van der Waals surface area (Å²) >= 11 is 0. The van der Waals surface area contributed by atoms with Gasteiger partial charge in [-0.05, 0) is 25.2 Å². The van der Waals surface area contributed by atoms with Crippen molar-refractivity contribution in [3.63, 3.8) is 0 Å². The minimum Gasteiger partial charge on any atom is -0.381 e. The fourth-order valence-electron chi connectivity index (χ4n) is 2.75. The highest BCUT2D eigenvalue weighted by atomic mass is 127. The molecular formula is C15H30IN3O2. The molecular weight excluding hydrogens is 381 g/mol. The van der Waals surface area contributed by atoms with Crippen molar-refractivity contribution in [2.75, 3.05) is 53.6 Å². The molecule has 6 heteroatoms. The maximum atomic E-state index is 5.41. The third kappa shape index (κ3) is 5.90. The predicted octanol–water partition coefficient (Wildman–Crippen LogP) is 1.96. The van der Waals surface area contributed by atoms with E-state index >= 15 is 0 Å². The highest BCUT2D eigenvalue weighted by Crippen LogP contribution is 2.25. The first-order valence-corrected chi connectivity index (χ1v) is 7.70. The Balaban J connectivity index is 0.00000220. The molecule has 2 aliphatic heterocycles. The van der Waals surface area contributed by atoms with Gasteiger partial charge in [-0.25, -0.2) is 0 Å². The van der Waals surface area contributed by atoms with Crippen LogP contribution in [0.25, 0.3) is 0 Å². The SMILES string of the molecule is CN=C(NCC1(C)COC1)N(C)CCC1CCOCC1.I. The van der Waals surface area contributed by atoms with Gasteiger partial charge < -0.3 is 19.7 Å². The van der Waals surface area contributed by atoms with Gasteiger partial charge in [-0.1, -0.05) is 6.92 Å². The maximum absolute atomic E-state index is 5.41. The molecule has 0 radical (unpaired) electrons. The van der Waals surface area contributed by atoms with Crippen molar-refractivity contribution in [2.45, 2.75) is 26.2 Å². The number of nitrogens with one attached hydrogen (secondary N) is 1. The van der Waals surface area contributed by atoms with Crippen molar-refractivity contribution in [1.82, 2.24) is 10.2 Å². The highest BCUT2D eigenvalue weighted by molar-refractivity contribution is 14.0. The summed E-state index contributed by atoms with van der Waals surface area (Å²) in [5, 5.41) is 3.47. The van der Waals surface area contributed by atoms with Gasteiger partial charge in [0.05, 0.1) is 13.2 Å². The van der Waals surface area contributed by atoms with E-state index in [2.05, 4.69) is 29.2 Å². The Morgan fingerprint density at radius 1 is 1.29 bits per heavy atom. The fourth-order valence-corrected chi connectivity index (χ4v) is 2.75. The molecule has 2 saturated heterocycles. The molecule has 0 atom stereocenters. The molecule has 2 aliphatic rings. The topological polar surface area (TPSA) is 46.1 Å². The third-order valence-corrected chi connectivity index (χ3v) is 4.36. The van der Waals surface area contributed by atoms with Gasteiger partial charge in [0.25, 0.3) is 0 Å². The van der Waals surface area contributed by atoms with Gasteiger partial charge in [0.1, 0.15) is 0 Å². The molecule has 0 saturated carbocycles. The minimum atomic E-state index is 0. The Hall–Kier alpha value is -0.0800. The molecule has 0 spiro atoms. The molecule has 21 heavy (non-hydrogen) atoms. The van der Waals surface area contributed by atoms with E-state index in [1.807, 2.05) is 7.05 Å². The largest absolute Gasteiger partial charge is 0.381 e. The molecule has 0 aromatic heterocycles. The summed E-state index contributed by atoms with van der Waals surface area (Å²) < 4.78 is 10.7. The van der Waals surface area contributed by atoms with E-state index in [1.165, 1.54) is 19.3 Å². The lowest BCUT2D eigenvalue weighted by Crippen LogP contribution is -2.51. The number of ether oxygens (including phenoxy) is 2. The van der Waals surface area contributed by atoms with Gasteiger partial charge >= 0.3 is 0 Å². The van der Waals surface area contributed by atoms with Crippen molar-refractivity contribution >= 4 is 29.9 Å². The summed E-state index contributed by atoms with van der Waals surface area (Å²) in [4.78, 5) is 6.61. The number of halogens is 1.